The summed E-state index contributed by atoms with van der Waals surface area (Å²) in [6, 6.07) is 0. The van der Waals surface area contributed by atoms with Gasteiger partial charge in [-0.15, -0.1) is 0 Å². The lowest BCUT2D eigenvalue weighted by atomic mass is 9.80. The number of aryl methyl sites for hydroxylation is 1. The van der Waals surface area contributed by atoms with Gasteiger partial charge >= 0.3 is 5.97 Å². The molecule has 0 spiro atoms. The van der Waals surface area contributed by atoms with E-state index in [1.807, 2.05) is 13.8 Å². The molecule has 0 aliphatic heterocycles. The molecule has 0 bridgehead atoms. The van der Waals surface area contributed by atoms with E-state index >= 15 is 0 Å². The maximum Gasteiger partial charge on any atom is 0.359 e. The van der Waals surface area contributed by atoms with E-state index in [0.29, 0.717) is 18.0 Å². The van der Waals surface area contributed by atoms with Crippen molar-refractivity contribution < 1.29 is 14.3 Å². The van der Waals surface area contributed by atoms with E-state index in [9.17, 15) is 9.59 Å². The SMILES string of the molecule is CCOC(=O)c1nn(C)c2c1C(C)CC(C)C2=O. The van der Waals surface area contributed by atoms with Crippen LogP contribution in [-0.2, 0) is 11.8 Å². The van der Waals surface area contributed by atoms with E-state index < -0.39 is 5.97 Å². The number of esters is 1. The van der Waals surface area contributed by atoms with E-state index in [1.54, 1.807) is 14.0 Å². The van der Waals surface area contributed by atoms with Gasteiger partial charge in [-0.1, -0.05) is 13.8 Å². The summed E-state index contributed by atoms with van der Waals surface area (Å²) in [4.78, 5) is 24.0. The highest BCUT2D eigenvalue weighted by atomic mass is 16.5. The van der Waals surface area contributed by atoms with Gasteiger partial charge in [0, 0.05) is 18.5 Å². The summed E-state index contributed by atoms with van der Waals surface area (Å²) >= 11 is 0. The minimum atomic E-state index is -0.441. The van der Waals surface area contributed by atoms with Crippen LogP contribution in [-0.4, -0.2) is 28.1 Å². The monoisotopic (exact) mass is 250 g/mol. The van der Waals surface area contributed by atoms with Crippen molar-refractivity contribution in [3.63, 3.8) is 0 Å². The van der Waals surface area contributed by atoms with E-state index in [-0.39, 0.29) is 17.6 Å². The number of carbonyl (C=O) groups is 2. The third-order valence-electron chi connectivity index (χ3n) is 3.43. The molecule has 1 aromatic heterocycles. The third-order valence-corrected chi connectivity index (χ3v) is 3.43. The molecule has 0 radical (unpaired) electrons. The van der Waals surface area contributed by atoms with Gasteiger partial charge in [-0.3, -0.25) is 9.48 Å². The molecule has 18 heavy (non-hydrogen) atoms. The molecule has 0 aromatic carbocycles. The van der Waals surface area contributed by atoms with Gasteiger partial charge in [0.25, 0.3) is 0 Å². The smallest absolute Gasteiger partial charge is 0.359 e. The van der Waals surface area contributed by atoms with Crippen LogP contribution in [0.1, 0.15) is 59.7 Å². The number of hydrogen-bond acceptors (Lipinski definition) is 4. The molecular formula is C13H18N2O3. The second-order valence-electron chi connectivity index (χ2n) is 4.86. The van der Waals surface area contributed by atoms with Gasteiger partial charge in [0.15, 0.2) is 11.5 Å². The predicted molar refractivity (Wildman–Crippen MR) is 65.7 cm³/mol. The van der Waals surface area contributed by atoms with Crippen molar-refractivity contribution in [1.82, 2.24) is 9.78 Å². The number of carbonyl (C=O) groups excluding carboxylic acids is 2. The van der Waals surface area contributed by atoms with Crippen molar-refractivity contribution in [2.24, 2.45) is 13.0 Å². The minimum absolute atomic E-state index is 0.0158. The summed E-state index contributed by atoms with van der Waals surface area (Å²) in [7, 11) is 1.70. The summed E-state index contributed by atoms with van der Waals surface area (Å²) in [5, 5.41) is 4.17. The first-order valence-electron chi connectivity index (χ1n) is 6.25. The first-order valence-corrected chi connectivity index (χ1v) is 6.25. The fourth-order valence-corrected chi connectivity index (χ4v) is 2.64. The van der Waals surface area contributed by atoms with Crippen molar-refractivity contribution in [1.29, 1.82) is 0 Å². The maximum absolute atomic E-state index is 12.2. The quantitative estimate of drug-likeness (QED) is 0.752. The molecule has 1 aromatic rings. The molecule has 1 aliphatic rings. The van der Waals surface area contributed by atoms with Crippen LogP contribution in [0.5, 0.6) is 0 Å². The molecule has 2 rings (SSSR count). The molecule has 2 atom stereocenters. The summed E-state index contributed by atoms with van der Waals surface area (Å²) < 4.78 is 6.50. The third kappa shape index (κ3) is 1.83. The van der Waals surface area contributed by atoms with Gasteiger partial charge < -0.3 is 4.74 Å². The summed E-state index contributed by atoms with van der Waals surface area (Å²) in [6.07, 6.45) is 0.754. The molecule has 0 fully saturated rings. The van der Waals surface area contributed by atoms with Crippen LogP contribution in [0.25, 0.3) is 0 Å². The topological polar surface area (TPSA) is 61.2 Å². The highest BCUT2D eigenvalue weighted by Gasteiger charge is 2.36. The molecule has 2 unspecified atom stereocenters. The van der Waals surface area contributed by atoms with Gasteiger partial charge in [0.2, 0.25) is 0 Å². The number of Topliss-reactive ketones (excluding diaryl/α,β-unsaturated/α-hetero) is 1. The second kappa shape index (κ2) is 4.55. The van der Waals surface area contributed by atoms with E-state index in [1.165, 1.54) is 4.68 Å². The average molecular weight is 250 g/mol. The second-order valence-corrected chi connectivity index (χ2v) is 4.86. The summed E-state index contributed by atoms with van der Waals surface area (Å²) in [6.45, 7) is 6.00. The highest BCUT2D eigenvalue weighted by molar-refractivity contribution is 6.02. The maximum atomic E-state index is 12.2. The van der Waals surface area contributed by atoms with E-state index in [4.69, 9.17) is 4.74 Å². The zero-order valence-corrected chi connectivity index (χ0v) is 11.2. The lowest BCUT2D eigenvalue weighted by Gasteiger charge is -2.23. The van der Waals surface area contributed by atoms with E-state index in [0.717, 1.165) is 12.0 Å². The Morgan fingerprint density at radius 1 is 1.44 bits per heavy atom. The number of rotatable bonds is 2. The largest absolute Gasteiger partial charge is 0.461 e. The molecule has 1 heterocycles. The Bertz CT molecular complexity index is 505. The van der Waals surface area contributed by atoms with Crippen molar-refractivity contribution in [2.75, 3.05) is 6.61 Å². The van der Waals surface area contributed by atoms with Gasteiger partial charge in [-0.2, -0.15) is 5.10 Å². The first kappa shape index (κ1) is 12.8. The average Bonchev–Trinajstić information content (AvgIpc) is 2.65. The summed E-state index contributed by atoms with van der Waals surface area (Å²) in [5.74, 6) is -0.240. The number of fused-ring (bicyclic) bond motifs is 1. The first-order chi connectivity index (χ1) is 8.47. The van der Waals surface area contributed by atoms with Gasteiger partial charge in [-0.05, 0) is 19.3 Å². The number of ether oxygens (including phenoxy) is 1. The fourth-order valence-electron chi connectivity index (χ4n) is 2.64. The number of hydrogen-bond donors (Lipinski definition) is 0. The molecule has 1 aliphatic carbocycles. The molecule has 0 N–H and O–H groups in total. The Morgan fingerprint density at radius 2 is 2.11 bits per heavy atom. The summed E-state index contributed by atoms with van der Waals surface area (Å²) in [5.41, 5.74) is 1.60. The standard InChI is InChI=1S/C13H18N2O3/c1-5-18-13(17)10-9-7(2)6-8(3)12(16)11(9)15(4)14-10/h7-8H,5-6H2,1-4H3. The minimum Gasteiger partial charge on any atom is -0.461 e. The Balaban J connectivity index is 2.54. The molecule has 0 amide bonds. The Labute approximate surface area is 106 Å². The molecule has 5 heteroatoms. The van der Waals surface area contributed by atoms with E-state index in [2.05, 4.69) is 5.10 Å². The number of aromatic nitrogens is 2. The lowest BCUT2D eigenvalue weighted by molar-refractivity contribution is 0.0516. The van der Waals surface area contributed by atoms with Crippen LogP contribution in [0.4, 0.5) is 0 Å². The molecule has 5 nitrogen and oxygen atoms in total. The number of nitrogens with zero attached hydrogens (tertiary/aromatic N) is 2. The normalized spacial score (nSPS) is 22.8. The van der Waals surface area contributed by atoms with Crippen molar-refractivity contribution in [2.45, 2.75) is 33.1 Å². The van der Waals surface area contributed by atoms with Crippen LogP contribution in [0.3, 0.4) is 0 Å². The Morgan fingerprint density at radius 3 is 2.72 bits per heavy atom. The van der Waals surface area contributed by atoms with Gasteiger partial charge in [0.05, 0.1) is 6.61 Å². The molecule has 98 valence electrons. The van der Waals surface area contributed by atoms with Gasteiger partial charge in [0.1, 0.15) is 5.69 Å². The van der Waals surface area contributed by atoms with Crippen LogP contribution < -0.4 is 0 Å². The Kier molecular flexibility index (Phi) is 3.24. The lowest BCUT2D eigenvalue weighted by Crippen LogP contribution is -2.25. The Hall–Kier alpha value is -1.65. The van der Waals surface area contributed by atoms with Crippen molar-refractivity contribution in [3.05, 3.63) is 17.0 Å². The highest BCUT2D eigenvalue weighted by Crippen LogP contribution is 2.36. The molecular weight excluding hydrogens is 232 g/mol. The van der Waals surface area contributed by atoms with Crippen LogP contribution in [0.15, 0.2) is 0 Å². The van der Waals surface area contributed by atoms with Crippen LogP contribution in [0.2, 0.25) is 0 Å². The van der Waals surface area contributed by atoms with Crippen LogP contribution in [0, 0.1) is 5.92 Å². The van der Waals surface area contributed by atoms with Gasteiger partial charge in [-0.25, -0.2) is 4.79 Å². The molecule has 0 saturated carbocycles. The van der Waals surface area contributed by atoms with Crippen molar-refractivity contribution in [3.8, 4) is 0 Å². The predicted octanol–water partition coefficient (Wildman–Crippen LogP) is 1.92. The molecule has 0 saturated heterocycles. The van der Waals surface area contributed by atoms with Crippen LogP contribution >= 0.6 is 0 Å². The zero-order chi connectivity index (χ0) is 13.4. The van der Waals surface area contributed by atoms with Crippen molar-refractivity contribution >= 4 is 11.8 Å². The number of ketones is 1. The zero-order valence-electron chi connectivity index (χ0n) is 11.2. The fraction of sp³-hybridized carbons (Fsp3) is 0.615.